The Hall–Kier alpha value is -3.97. The van der Waals surface area contributed by atoms with Crippen LogP contribution in [0.15, 0.2) is 83.4 Å². The van der Waals surface area contributed by atoms with Crippen molar-refractivity contribution in [1.29, 1.82) is 0 Å². The van der Waals surface area contributed by atoms with Gasteiger partial charge in [-0.2, -0.15) is 0 Å². The molecular formula is C30H31FN4O2. The molecular weight excluding hydrogens is 467 g/mol. The average molecular weight is 499 g/mol. The first-order valence-electron chi connectivity index (χ1n) is 12.6. The molecule has 0 saturated carbocycles. The lowest BCUT2D eigenvalue weighted by Gasteiger charge is -2.30. The molecule has 4 aromatic rings. The van der Waals surface area contributed by atoms with Gasteiger partial charge in [-0.1, -0.05) is 71.9 Å². The van der Waals surface area contributed by atoms with Crippen LogP contribution in [0.2, 0.25) is 0 Å². The summed E-state index contributed by atoms with van der Waals surface area (Å²) in [5.74, 6) is -0.219. The second-order valence-electron chi connectivity index (χ2n) is 9.63. The fraction of sp³-hybridized carbons (Fsp3) is 0.267. The van der Waals surface area contributed by atoms with Crippen molar-refractivity contribution in [2.45, 2.75) is 19.5 Å². The lowest BCUT2D eigenvalue weighted by atomic mass is 9.99. The molecule has 0 atom stereocenters. The van der Waals surface area contributed by atoms with E-state index >= 15 is 0 Å². The number of aromatic nitrogens is 1. The highest BCUT2D eigenvalue weighted by Gasteiger charge is 2.29. The van der Waals surface area contributed by atoms with E-state index in [0.29, 0.717) is 31.2 Å². The average Bonchev–Trinajstić information content (AvgIpc) is 3.34. The normalized spacial score (nSPS) is 13.0. The van der Waals surface area contributed by atoms with E-state index in [9.17, 15) is 9.18 Å². The smallest absolute Gasteiger partial charge is 0.257 e. The van der Waals surface area contributed by atoms with Gasteiger partial charge in [0, 0.05) is 31.7 Å². The van der Waals surface area contributed by atoms with Crippen LogP contribution in [0, 0.1) is 5.82 Å². The number of carbonyl (C=O) groups is 1. The minimum absolute atomic E-state index is 0.0624. The fourth-order valence-corrected chi connectivity index (χ4v) is 4.75. The Labute approximate surface area is 216 Å². The fourth-order valence-electron chi connectivity index (χ4n) is 4.75. The minimum atomic E-state index is -0.524. The Balaban J connectivity index is 1.54. The monoisotopic (exact) mass is 498 g/mol. The summed E-state index contributed by atoms with van der Waals surface area (Å²) in [6, 6.07) is 24.4. The van der Waals surface area contributed by atoms with Gasteiger partial charge in [0.25, 0.3) is 5.91 Å². The maximum atomic E-state index is 14.6. The Morgan fingerprint density at radius 2 is 1.65 bits per heavy atom. The largest absolute Gasteiger partial charge is 0.338 e. The standard InChI is InChI=1S/C30H31FN4O2/c1-33(2)18-19-34(29(36)25-14-8-9-15-27(25)31)21-26-28(23-11-4-3-5-12-23)32-37-30(26)35-17-16-22-10-6-7-13-24(22)20-35/h3-15H,16-21H2,1-2H3. The van der Waals surface area contributed by atoms with Crippen LogP contribution in [-0.4, -0.2) is 54.6 Å². The van der Waals surface area contributed by atoms with Gasteiger partial charge in [0.15, 0.2) is 0 Å². The number of rotatable bonds is 8. The van der Waals surface area contributed by atoms with Gasteiger partial charge in [-0.25, -0.2) is 4.39 Å². The maximum absolute atomic E-state index is 14.6. The number of hydrogen-bond donors (Lipinski definition) is 0. The van der Waals surface area contributed by atoms with Crippen LogP contribution in [0.5, 0.6) is 0 Å². The zero-order valence-electron chi connectivity index (χ0n) is 21.2. The Bertz CT molecular complexity index is 1370. The Morgan fingerprint density at radius 1 is 0.946 bits per heavy atom. The van der Waals surface area contributed by atoms with E-state index in [0.717, 1.165) is 24.1 Å². The van der Waals surface area contributed by atoms with Crippen molar-refractivity contribution in [2.24, 2.45) is 0 Å². The van der Waals surface area contributed by atoms with E-state index in [2.05, 4.69) is 34.3 Å². The molecule has 0 spiro atoms. The molecule has 1 aliphatic rings. The zero-order valence-corrected chi connectivity index (χ0v) is 21.2. The third-order valence-corrected chi connectivity index (χ3v) is 6.79. The maximum Gasteiger partial charge on any atom is 0.257 e. The molecule has 0 N–H and O–H groups in total. The van der Waals surface area contributed by atoms with Crippen molar-refractivity contribution in [2.75, 3.05) is 38.6 Å². The van der Waals surface area contributed by atoms with Crippen LogP contribution in [0.3, 0.4) is 0 Å². The van der Waals surface area contributed by atoms with E-state index in [4.69, 9.17) is 4.52 Å². The second-order valence-corrected chi connectivity index (χ2v) is 9.63. The molecule has 190 valence electrons. The molecule has 6 nitrogen and oxygen atoms in total. The number of halogens is 1. The molecule has 2 heterocycles. The molecule has 1 amide bonds. The summed E-state index contributed by atoms with van der Waals surface area (Å²) in [7, 11) is 3.91. The highest BCUT2D eigenvalue weighted by molar-refractivity contribution is 5.94. The number of carbonyl (C=O) groups excluding carboxylic acids is 1. The van der Waals surface area contributed by atoms with Crippen LogP contribution < -0.4 is 4.90 Å². The van der Waals surface area contributed by atoms with Gasteiger partial charge >= 0.3 is 0 Å². The molecule has 37 heavy (non-hydrogen) atoms. The van der Waals surface area contributed by atoms with Crippen molar-refractivity contribution in [3.8, 4) is 11.3 Å². The predicted molar refractivity (Wildman–Crippen MR) is 143 cm³/mol. The molecule has 3 aromatic carbocycles. The van der Waals surface area contributed by atoms with Gasteiger partial charge < -0.3 is 19.2 Å². The van der Waals surface area contributed by atoms with Gasteiger partial charge in [-0.3, -0.25) is 4.79 Å². The number of nitrogens with zero attached hydrogens (tertiary/aromatic N) is 4. The Kier molecular flexibility index (Phi) is 7.32. The first-order valence-corrected chi connectivity index (χ1v) is 12.6. The van der Waals surface area contributed by atoms with Crippen molar-refractivity contribution in [1.82, 2.24) is 15.0 Å². The van der Waals surface area contributed by atoms with E-state index in [1.165, 1.54) is 23.3 Å². The number of fused-ring (bicyclic) bond motifs is 1. The quantitative estimate of drug-likeness (QED) is 0.332. The highest BCUT2D eigenvalue weighted by atomic mass is 19.1. The van der Waals surface area contributed by atoms with Crippen LogP contribution in [-0.2, 0) is 19.5 Å². The van der Waals surface area contributed by atoms with Gasteiger partial charge in [0.1, 0.15) is 11.5 Å². The zero-order chi connectivity index (χ0) is 25.8. The first-order chi connectivity index (χ1) is 18.0. The molecule has 0 radical (unpaired) electrons. The van der Waals surface area contributed by atoms with Crippen molar-refractivity contribution in [3.05, 3.63) is 107 Å². The van der Waals surface area contributed by atoms with E-state index < -0.39 is 5.82 Å². The Morgan fingerprint density at radius 3 is 2.41 bits per heavy atom. The van der Waals surface area contributed by atoms with Crippen molar-refractivity contribution in [3.63, 3.8) is 0 Å². The van der Waals surface area contributed by atoms with Gasteiger partial charge in [-0.05, 0) is 43.8 Å². The molecule has 0 aliphatic carbocycles. The van der Waals surface area contributed by atoms with Crippen molar-refractivity contribution < 1.29 is 13.7 Å². The van der Waals surface area contributed by atoms with Gasteiger partial charge in [0.05, 0.1) is 17.7 Å². The number of amides is 1. The molecule has 0 bridgehead atoms. The molecule has 0 saturated heterocycles. The van der Waals surface area contributed by atoms with Gasteiger partial charge in [-0.15, -0.1) is 0 Å². The third-order valence-electron chi connectivity index (χ3n) is 6.79. The van der Waals surface area contributed by atoms with Crippen LogP contribution >= 0.6 is 0 Å². The third kappa shape index (κ3) is 5.42. The second kappa shape index (κ2) is 11.0. The minimum Gasteiger partial charge on any atom is -0.338 e. The lowest BCUT2D eigenvalue weighted by molar-refractivity contribution is 0.0727. The van der Waals surface area contributed by atoms with Crippen LogP contribution in [0.4, 0.5) is 10.3 Å². The summed E-state index contributed by atoms with van der Waals surface area (Å²) < 4.78 is 20.6. The summed E-state index contributed by atoms with van der Waals surface area (Å²) >= 11 is 0. The molecule has 1 aliphatic heterocycles. The summed E-state index contributed by atoms with van der Waals surface area (Å²) in [6.07, 6.45) is 0.898. The van der Waals surface area contributed by atoms with Gasteiger partial charge in [0.2, 0.25) is 5.88 Å². The van der Waals surface area contributed by atoms with Crippen LogP contribution in [0.25, 0.3) is 11.3 Å². The molecule has 0 unspecified atom stereocenters. The number of likely N-dealkylation sites (N-methyl/N-ethyl adjacent to an activating group) is 1. The molecule has 0 fully saturated rings. The summed E-state index contributed by atoms with van der Waals surface area (Å²) in [5, 5.41) is 4.48. The summed E-state index contributed by atoms with van der Waals surface area (Å²) in [4.78, 5) is 19.5. The molecule has 7 heteroatoms. The van der Waals surface area contributed by atoms with Crippen molar-refractivity contribution >= 4 is 11.8 Å². The topological polar surface area (TPSA) is 52.8 Å². The first kappa shape index (κ1) is 24.7. The molecule has 1 aromatic heterocycles. The summed E-state index contributed by atoms with van der Waals surface area (Å²) in [6.45, 7) is 2.81. The van der Waals surface area contributed by atoms with E-state index in [1.807, 2.05) is 49.3 Å². The number of anilines is 1. The summed E-state index contributed by atoms with van der Waals surface area (Å²) in [5.41, 5.74) is 5.09. The highest BCUT2D eigenvalue weighted by Crippen LogP contribution is 2.35. The van der Waals surface area contributed by atoms with Crippen LogP contribution in [0.1, 0.15) is 27.0 Å². The SMILES string of the molecule is CN(C)CCN(Cc1c(-c2ccccc2)noc1N1CCc2ccccc2C1)C(=O)c1ccccc1F. The number of hydrogen-bond acceptors (Lipinski definition) is 5. The molecule has 5 rings (SSSR count). The van der Waals surface area contributed by atoms with E-state index in [1.54, 1.807) is 17.0 Å². The predicted octanol–water partition coefficient (Wildman–Crippen LogP) is 5.25. The lowest BCUT2D eigenvalue weighted by Crippen LogP contribution is -2.37. The van der Waals surface area contributed by atoms with E-state index in [-0.39, 0.29) is 18.0 Å². The number of benzene rings is 3.